The van der Waals surface area contributed by atoms with Crippen molar-refractivity contribution in [1.29, 1.82) is 0 Å². The Morgan fingerprint density at radius 3 is 2.70 bits per heavy atom. The smallest absolute Gasteiger partial charge is 0.161 e. The Kier molecular flexibility index (Phi) is 4.73. The van der Waals surface area contributed by atoms with Gasteiger partial charge in [-0.15, -0.1) is 0 Å². The molecular weight excluding hydrogens is 270 g/mol. The molecule has 2 aliphatic rings. The van der Waals surface area contributed by atoms with E-state index in [-0.39, 0.29) is 6.04 Å². The first-order valence-corrected chi connectivity index (χ1v) is 8.71. The number of ether oxygens (including phenoxy) is 2. The number of fused-ring (bicyclic) bond motifs is 1. The summed E-state index contributed by atoms with van der Waals surface area (Å²) in [7, 11) is 0. The summed E-state index contributed by atoms with van der Waals surface area (Å²) in [4.78, 5) is 0. The van der Waals surface area contributed by atoms with Crippen LogP contribution >= 0.6 is 11.8 Å². The van der Waals surface area contributed by atoms with Gasteiger partial charge in [0.2, 0.25) is 0 Å². The molecule has 2 N–H and O–H groups in total. The van der Waals surface area contributed by atoms with E-state index in [1.807, 2.05) is 6.07 Å². The molecule has 1 aromatic carbocycles. The van der Waals surface area contributed by atoms with E-state index in [0.717, 1.165) is 43.5 Å². The largest absolute Gasteiger partial charge is 0.490 e. The summed E-state index contributed by atoms with van der Waals surface area (Å²) in [5.41, 5.74) is 7.57. The molecule has 2 heterocycles. The molecule has 0 bridgehead atoms. The predicted octanol–water partition coefficient (Wildman–Crippen LogP) is 3.38. The van der Waals surface area contributed by atoms with Crippen molar-refractivity contribution in [3.8, 4) is 11.5 Å². The van der Waals surface area contributed by atoms with Crippen LogP contribution in [0.5, 0.6) is 11.5 Å². The molecule has 3 rings (SSSR count). The van der Waals surface area contributed by atoms with Crippen LogP contribution in [0.3, 0.4) is 0 Å². The third-order valence-corrected chi connectivity index (χ3v) is 5.18. The highest BCUT2D eigenvalue weighted by molar-refractivity contribution is 7.99. The van der Waals surface area contributed by atoms with Gasteiger partial charge >= 0.3 is 0 Å². The lowest BCUT2D eigenvalue weighted by Crippen LogP contribution is -2.18. The second-order valence-electron chi connectivity index (χ2n) is 5.65. The van der Waals surface area contributed by atoms with Crippen LogP contribution < -0.4 is 15.2 Å². The molecule has 0 aromatic heterocycles. The SMILES string of the molecule is NC(CC1CCSCC1)c1ccc2c(c1)OCCCO2. The molecule has 1 saturated heterocycles. The van der Waals surface area contributed by atoms with Crippen LogP contribution in [-0.4, -0.2) is 24.7 Å². The van der Waals surface area contributed by atoms with E-state index in [2.05, 4.69) is 23.9 Å². The van der Waals surface area contributed by atoms with Gasteiger partial charge in [-0.05, 0) is 54.4 Å². The number of rotatable bonds is 3. The van der Waals surface area contributed by atoms with Crippen molar-refractivity contribution in [2.75, 3.05) is 24.7 Å². The Balaban J connectivity index is 1.67. The van der Waals surface area contributed by atoms with E-state index in [4.69, 9.17) is 15.2 Å². The molecule has 1 fully saturated rings. The molecule has 2 aliphatic heterocycles. The molecule has 0 saturated carbocycles. The van der Waals surface area contributed by atoms with Crippen molar-refractivity contribution in [2.45, 2.75) is 31.7 Å². The monoisotopic (exact) mass is 293 g/mol. The average Bonchev–Trinajstić information content (AvgIpc) is 2.72. The Hall–Kier alpha value is -0.870. The van der Waals surface area contributed by atoms with E-state index in [9.17, 15) is 0 Å². The fourth-order valence-corrected chi connectivity index (χ4v) is 4.09. The molecule has 20 heavy (non-hydrogen) atoms. The minimum atomic E-state index is 0.111. The van der Waals surface area contributed by atoms with Gasteiger partial charge in [0.05, 0.1) is 13.2 Å². The first-order chi connectivity index (χ1) is 9.83. The van der Waals surface area contributed by atoms with Gasteiger partial charge in [0.25, 0.3) is 0 Å². The normalized spacial score (nSPS) is 21.2. The number of benzene rings is 1. The third-order valence-electron chi connectivity index (χ3n) is 4.13. The lowest BCUT2D eigenvalue weighted by Gasteiger charge is -2.24. The molecule has 1 atom stereocenters. The van der Waals surface area contributed by atoms with E-state index < -0.39 is 0 Å². The van der Waals surface area contributed by atoms with Crippen LogP contribution in [-0.2, 0) is 0 Å². The molecule has 0 aliphatic carbocycles. The lowest BCUT2D eigenvalue weighted by atomic mass is 9.91. The summed E-state index contributed by atoms with van der Waals surface area (Å²) in [6, 6.07) is 6.28. The summed E-state index contributed by atoms with van der Waals surface area (Å²) in [5, 5.41) is 0. The lowest BCUT2D eigenvalue weighted by molar-refractivity contribution is 0.297. The van der Waals surface area contributed by atoms with Gasteiger partial charge < -0.3 is 15.2 Å². The van der Waals surface area contributed by atoms with Crippen LogP contribution in [0.2, 0.25) is 0 Å². The number of thioether (sulfide) groups is 1. The van der Waals surface area contributed by atoms with Gasteiger partial charge in [-0.1, -0.05) is 6.07 Å². The van der Waals surface area contributed by atoms with Crippen molar-refractivity contribution < 1.29 is 9.47 Å². The maximum Gasteiger partial charge on any atom is 0.161 e. The van der Waals surface area contributed by atoms with E-state index in [1.54, 1.807) is 0 Å². The minimum absolute atomic E-state index is 0.111. The molecule has 4 heteroatoms. The van der Waals surface area contributed by atoms with Gasteiger partial charge in [0, 0.05) is 12.5 Å². The van der Waals surface area contributed by atoms with Crippen molar-refractivity contribution >= 4 is 11.8 Å². The van der Waals surface area contributed by atoms with Crippen molar-refractivity contribution in [2.24, 2.45) is 11.7 Å². The Labute approximate surface area is 125 Å². The second-order valence-corrected chi connectivity index (χ2v) is 6.88. The molecule has 0 radical (unpaired) electrons. The standard InChI is InChI=1S/C16H23NO2S/c17-14(10-12-4-8-20-9-5-12)13-2-3-15-16(11-13)19-7-1-6-18-15/h2-3,11-12,14H,1,4-10,17H2. The Morgan fingerprint density at radius 1 is 1.15 bits per heavy atom. The maximum atomic E-state index is 6.39. The molecule has 1 aromatic rings. The van der Waals surface area contributed by atoms with Gasteiger partial charge in [-0.3, -0.25) is 0 Å². The summed E-state index contributed by atoms with van der Waals surface area (Å²) >= 11 is 2.07. The maximum absolute atomic E-state index is 6.39. The zero-order chi connectivity index (χ0) is 13.8. The van der Waals surface area contributed by atoms with Crippen LogP contribution in [0.25, 0.3) is 0 Å². The topological polar surface area (TPSA) is 44.5 Å². The van der Waals surface area contributed by atoms with Crippen molar-refractivity contribution in [3.63, 3.8) is 0 Å². The van der Waals surface area contributed by atoms with Crippen LogP contribution in [0, 0.1) is 5.92 Å². The molecule has 0 spiro atoms. The van der Waals surface area contributed by atoms with Crippen LogP contribution in [0.1, 0.15) is 37.3 Å². The fraction of sp³-hybridized carbons (Fsp3) is 0.625. The van der Waals surface area contributed by atoms with E-state index >= 15 is 0 Å². The minimum Gasteiger partial charge on any atom is -0.490 e. The van der Waals surface area contributed by atoms with Crippen LogP contribution in [0.15, 0.2) is 18.2 Å². The van der Waals surface area contributed by atoms with Gasteiger partial charge in [-0.25, -0.2) is 0 Å². The van der Waals surface area contributed by atoms with E-state index in [0.29, 0.717) is 0 Å². The summed E-state index contributed by atoms with van der Waals surface area (Å²) < 4.78 is 11.4. The van der Waals surface area contributed by atoms with Crippen LogP contribution in [0.4, 0.5) is 0 Å². The number of hydrogen-bond acceptors (Lipinski definition) is 4. The zero-order valence-electron chi connectivity index (χ0n) is 11.8. The Bertz CT molecular complexity index is 446. The van der Waals surface area contributed by atoms with Gasteiger partial charge in [-0.2, -0.15) is 11.8 Å². The summed E-state index contributed by atoms with van der Waals surface area (Å²) in [5.74, 6) is 5.07. The molecular formula is C16H23NO2S. The highest BCUT2D eigenvalue weighted by Crippen LogP contribution is 2.35. The van der Waals surface area contributed by atoms with Gasteiger partial charge in [0.15, 0.2) is 11.5 Å². The van der Waals surface area contributed by atoms with Crippen molar-refractivity contribution in [3.05, 3.63) is 23.8 Å². The molecule has 110 valence electrons. The molecule has 3 nitrogen and oxygen atoms in total. The quantitative estimate of drug-likeness (QED) is 0.928. The summed E-state index contributed by atoms with van der Waals surface area (Å²) in [6.07, 6.45) is 4.64. The first-order valence-electron chi connectivity index (χ1n) is 7.56. The summed E-state index contributed by atoms with van der Waals surface area (Å²) in [6.45, 7) is 1.46. The Morgan fingerprint density at radius 2 is 1.90 bits per heavy atom. The molecule has 0 amide bonds. The second kappa shape index (κ2) is 6.72. The highest BCUT2D eigenvalue weighted by Gasteiger charge is 2.19. The molecule has 1 unspecified atom stereocenters. The average molecular weight is 293 g/mol. The highest BCUT2D eigenvalue weighted by atomic mass is 32.2. The predicted molar refractivity (Wildman–Crippen MR) is 83.6 cm³/mol. The van der Waals surface area contributed by atoms with Gasteiger partial charge in [0.1, 0.15) is 0 Å². The fourth-order valence-electron chi connectivity index (χ4n) is 2.89. The third kappa shape index (κ3) is 3.41. The first kappa shape index (κ1) is 14.1. The van der Waals surface area contributed by atoms with Crippen molar-refractivity contribution in [1.82, 2.24) is 0 Å². The van der Waals surface area contributed by atoms with E-state index in [1.165, 1.54) is 29.9 Å². The number of nitrogens with two attached hydrogens (primary N) is 1. The number of hydrogen-bond donors (Lipinski definition) is 1. The zero-order valence-corrected chi connectivity index (χ0v) is 12.7.